The normalized spacial score (nSPS) is 14.3. The summed E-state index contributed by atoms with van der Waals surface area (Å²) in [4.78, 5) is 12.2. The summed E-state index contributed by atoms with van der Waals surface area (Å²) in [6.45, 7) is 5.32. The van der Waals surface area contributed by atoms with E-state index in [2.05, 4.69) is 25.1 Å². The second-order valence-corrected chi connectivity index (χ2v) is 5.00. The molecule has 0 saturated carbocycles. The van der Waals surface area contributed by atoms with E-state index in [1.165, 1.54) is 16.2 Å². The van der Waals surface area contributed by atoms with E-state index in [-0.39, 0.29) is 0 Å². The fourth-order valence-corrected chi connectivity index (χ4v) is 2.38. The number of nitrogens with zero attached hydrogens (tertiary/aromatic N) is 6. The van der Waals surface area contributed by atoms with Crippen molar-refractivity contribution in [1.29, 1.82) is 0 Å². The Hall–Kier alpha value is -1.90. The Morgan fingerprint density at radius 1 is 1.42 bits per heavy atom. The largest absolute Gasteiger partial charge is 0.479 e. The number of tetrazole rings is 1. The van der Waals surface area contributed by atoms with Gasteiger partial charge in [-0.05, 0) is 41.7 Å². The summed E-state index contributed by atoms with van der Waals surface area (Å²) in [5.74, 6) is -0.572. The van der Waals surface area contributed by atoms with Gasteiger partial charge in [0.2, 0.25) is 0 Å². The molecule has 0 spiro atoms. The minimum atomic E-state index is -1.19. The average molecular weight is 282 g/mol. The van der Waals surface area contributed by atoms with Crippen molar-refractivity contribution < 1.29 is 9.90 Å². The summed E-state index contributed by atoms with van der Waals surface area (Å²) in [6.07, 6.45) is 1.06. The molecule has 2 heterocycles. The van der Waals surface area contributed by atoms with E-state index in [0.717, 1.165) is 5.69 Å². The molecule has 1 N–H and O–H groups in total. The maximum absolute atomic E-state index is 11.5. The summed E-state index contributed by atoms with van der Waals surface area (Å²) in [7, 11) is 0. The molecule has 19 heavy (non-hydrogen) atoms. The molecule has 0 radical (unpaired) electrons. The van der Waals surface area contributed by atoms with Crippen molar-refractivity contribution in [2.45, 2.75) is 39.2 Å². The van der Waals surface area contributed by atoms with E-state index in [0.29, 0.717) is 23.5 Å². The van der Waals surface area contributed by atoms with Gasteiger partial charge in [0, 0.05) is 0 Å². The minimum absolute atomic E-state index is 0.369. The Balaban J connectivity index is 2.57. The standard InChI is InChI=1S/C10H14N6O2S/c1-4-6-7(19-15-11-6)8-12-13-14-16(8)10(3,5-2)9(17)18/h4-5H2,1-3H3,(H,17,18). The van der Waals surface area contributed by atoms with Gasteiger partial charge in [0.05, 0.1) is 5.69 Å². The lowest BCUT2D eigenvalue weighted by atomic mass is 9.99. The topological polar surface area (TPSA) is 107 Å². The molecule has 0 aliphatic carbocycles. The van der Waals surface area contributed by atoms with Crippen LogP contribution in [0, 0.1) is 0 Å². The molecule has 1 atom stereocenters. The fraction of sp³-hybridized carbons (Fsp3) is 0.600. The molecule has 2 aromatic heterocycles. The Bertz CT molecular complexity index is 594. The molecule has 0 aliphatic heterocycles. The average Bonchev–Trinajstić information content (AvgIpc) is 3.04. The van der Waals surface area contributed by atoms with E-state index >= 15 is 0 Å². The third-order valence-electron chi connectivity index (χ3n) is 3.18. The molecule has 0 aliphatic rings. The van der Waals surface area contributed by atoms with Crippen LogP contribution in [0.4, 0.5) is 0 Å². The number of aryl methyl sites for hydroxylation is 1. The Kier molecular flexibility index (Phi) is 3.56. The quantitative estimate of drug-likeness (QED) is 0.870. The van der Waals surface area contributed by atoms with Crippen LogP contribution in [0.5, 0.6) is 0 Å². The van der Waals surface area contributed by atoms with E-state index in [9.17, 15) is 9.90 Å². The number of rotatable bonds is 5. The monoisotopic (exact) mass is 282 g/mol. The van der Waals surface area contributed by atoms with Gasteiger partial charge >= 0.3 is 5.97 Å². The number of carboxylic acids is 1. The number of carbonyl (C=O) groups is 1. The van der Waals surface area contributed by atoms with Crippen LogP contribution in [-0.4, -0.2) is 40.9 Å². The molecule has 8 nitrogen and oxygen atoms in total. The second-order valence-electron chi connectivity index (χ2n) is 4.25. The molecule has 2 rings (SSSR count). The third-order valence-corrected chi connectivity index (χ3v) is 3.94. The zero-order valence-corrected chi connectivity index (χ0v) is 11.7. The van der Waals surface area contributed by atoms with E-state index in [1.54, 1.807) is 13.8 Å². The van der Waals surface area contributed by atoms with Gasteiger partial charge in [-0.25, -0.2) is 9.48 Å². The van der Waals surface area contributed by atoms with E-state index in [4.69, 9.17) is 0 Å². The molecule has 102 valence electrons. The maximum atomic E-state index is 11.5. The molecule has 1 unspecified atom stereocenters. The van der Waals surface area contributed by atoms with Gasteiger partial charge in [-0.3, -0.25) is 0 Å². The third kappa shape index (κ3) is 2.09. The van der Waals surface area contributed by atoms with Crippen LogP contribution in [-0.2, 0) is 16.8 Å². The summed E-state index contributed by atoms with van der Waals surface area (Å²) in [5.41, 5.74) is -0.418. The van der Waals surface area contributed by atoms with Crippen LogP contribution in [0.3, 0.4) is 0 Å². The maximum Gasteiger partial charge on any atom is 0.331 e. The van der Waals surface area contributed by atoms with Crippen LogP contribution >= 0.6 is 11.5 Å². The number of carboxylic acid groups (broad SMARTS) is 1. The Morgan fingerprint density at radius 2 is 2.16 bits per heavy atom. The zero-order chi connectivity index (χ0) is 14.0. The van der Waals surface area contributed by atoms with E-state index < -0.39 is 11.5 Å². The number of hydrogen-bond donors (Lipinski definition) is 1. The van der Waals surface area contributed by atoms with Gasteiger partial charge in [0.1, 0.15) is 4.88 Å². The lowest BCUT2D eigenvalue weighted by Crippen LogP contribution is -2.39. The van der Waals surface area contributed by atoms with Crippen molar-refractivity contribution in [3.05, 3.63) is 5.69 Å². The number of hydrogen-bond acceptors (Lipinski definition) is 7. The lowest BCUT2D eigenvalue weighted by Gasteiger charge is -2.23. The SMILES string of the molecule is CCc1nnsc1-c1nnnn1C(C)(CC)C(=O)O. The molecule has 0 aromatic carbocycles. The van der Waals surface area contributed by atoms with Gasteiger partial charge in [0.25, 0.3) is 0 Å². The fourth-order valence-electron chi connectivity index (χ4n) is 1.66. The smallest absolute Gasteiger partial charge is 0.331 e. The van der Waals surface area contributed by atoms with Gasteiger partial charge in [0.15, 0.2) is 11.4 Å². The molecular formula is C10H14N6O2S. The first-order valence-corrected chi connectivity index (χ1v) is 6.65. The first-order valence-electron chi connectivity index (χ1n) is 5.88. The van der Waals surface area contributed by atoms with Crippen molar-refractivity contribution in [2.75, 3.05) is 0 Å². The predicted octanol–water partition coefficient (Wildman–Crippen LogP) is 0.964. The summed E-state index contributed by atoms with van der Waals surface area (Å²) >= 11 is 1.17. The molecule has 0 fully saturated rings. The molecular weight excluding hydrogens is 268 g/mol. The van der Waals surface area contributed by atoms with Crippen LogP contribution in [0.25, 0.3) is 10.7 Å². The van der Waals surface area contributed by atoms with Gasteiger partial charge in [-0.15, -0.1) is 10.2 Å². The van der Waals surface area contributed by atoms with Crippen LogP contribution < -0.4 is 0 Å². The van der Waals surface area contributed by atoms with Gasteiger partial charge in [-0.1, -0.05) is 18.3 Å². The molecule has 0 amide bonds. The summed E-state index contributed by atoms with van der Waals surface area (Å²) in [5, 5.41) is 24.8. The predicted molar refractivity (Wildman–Crippen MR) is 67.7 cm³/mol. The van der Waals surface area contributed by atoms with Crippen LogP contribution in [0.15, 0.2) is 0 Å². The number of aromatic nitrogens is 6. The first-order chi connectivity index (χ1) is 9.04. The molecule has 0 saturated heterocycles. The first kappa shape index (κ1) is 13.5. The van der Waals surface area contributed by atoms with Gasteiger partial charge < -0.3 is 5.11 Å². The lowest BCUT2D eigenvalue weighted by molar-refractivity contribution is -0.147. The van der Waals surface area contributed by atoms with Crippen molar-refractivity contribution >= 4 is 17.5 Å². The molecule has 9 heteroatoms. The Morgan fingerprint density at radius 3 is 2.74 bits per heavy atom. The molecule has 2 aromatic rings. The van der Waals surface area contributed by atoms with Crippen molar-refractivity contribution in [3.63, 3.8) is 0 Å². The Labute approximate surface area is 113 Å². The highest BCUT2D eigenvalue weighted by Gasteiger charge is 2.38. The zero-order valence-electron chi connectivity index (χ0n) is 10.9. The minimum Gasteiger partial charge on any atom is -0.479 e. The molecule has 0 bridgehead atoms. The van der Waals surface area contributed by atoms with E-state index in [1.807, 2.05) is 6.92 Å². The second kappa shape index (κ2) is 5.00. The van der Waals surface area contributed by atoms with Crippen molar-refractivity contribution in [1.82, 2.24) is 29.8 Å². The summed E-state index contributed by atoms with van der Waals surface area (Å²) < 4.78 is 5.22. The van der Waals surface area contributed by atoms with Gasteiger partial charge in [-0.2, -0.15) is 0 Å². The highest BCUT2D eigenvalue weighted by molar-refractivity contribution is 7.09. The highest BCUT2D eigenvalue weighted by atomic mass is 32.1. The van der Waals surface area contributed by atoms with Crippen molar-refractivity contribution in [3.8, 4) is 10.7 Å². The number of aliphatic carboxylic acids is 1. The van der Waals surface area contributed by atoms with Crippen LogP contribution in [0.1, 0.15) is 32.9 Å². The highest BCUT2D eigenvalue weighted by Crippen LogP contribution is 2.29. The van der Waals surface area contributed by atoms with Crippen LogP contribution in [0.2, 0.25) is 0 Å². The van der Waals surface area contributed by atoms with Crippen molar-refractivity contribution in [2.24, 2.45) is 0 Å². The summed E-state index contributed by atoms with van der Waals surface area (Å²) in [6, 6.07) is 0.